The van der Waals surface area contributed by atoms with Gasteiger partial charge in [-0.05, 0) is 18.9 Å². The monoisotopic (exact) mass is 260 g/mol. The molecule has 2 aliphatic rings. The lowest BCUT2D eigenvalue weighted by atomic mass is 9.96. The van der Waals surface area contributed by atoms with E-state index in [0.29, 0.717) is 6.04 Å². The fraction of sp³-hybridized carbons (Fsp3) is 0.688. The highest BCUT2D eigenvalue weighted by molar-refractivity contribution is 5.46. The zero-order valence-electron chi connectivity index (χ0n) is 11.7. The van der Waals surface area contributed by atoms with Gasteiger partial charge in [0.25, 0.3) is 0 Å². The van der Waals surface area contributed by atoms with Crippen LogP contribution in [0.15, 0.2) is 12.3 Å². The third kappa shape index (κ3) is 3.47. The molecule has 1 aromatic rings. The second-order valence-electron chi connectivity index (χ2n) is 5.82. The maximum atomic E-state index is 5.51. The van der Waals surface area contributed by atoms with Crippen LogP contribution in [-0.4, -0.2) is 17.6 Å². The van der Waals surface area contributed by atoms with Gasteiger partial charge in [-0.25, -0.2) is 0 Å². The molecule has 3 rings (SSSR count). The van der Waals surface area contributed by atoms with E-state index in [9.17, 15) is 0 Å². The first-order valence-corrected chi connectivity index (χ1v) is 7.74. The van der Waals surface area contributed by atoms with Crippen LogP contribution in [0.25, 0.3) is 0 Å². The fourth-order valence-corrected chi connectivity index (χ4v) is 3.15. The third-order valence-corrected chi connectivity index (χ3v) is 4.28. The Morgan fingerprint density at radius 3 is 2.74 bits per heavy atom. The van der Waals surface area contributed by atoms with Gasteiger partial charge in [0, 0.05) is 23.7 Å². The Labute approximate surface area is 115 Å². The van der Waals surface area contributed by atoms with E-state index >= 15 is 0 Å². The predicted molar refractivity (Wildman–Crippen MR) is 77.3 cm³/mol. The van der Waals surface area contributed by atoms with E-state index in [1.165, 1.54) is 61.9 Å². The Hall–Kier alpha value is -1.09. The van der Waals surface area contributed by atoms with E-state index in [4.69, 9.17) is 4.74 Å². The number of hydrogen-bond acceptors (Lipinski definition) is 3. The number of nitrogens with one attached hydrogen (secondary N) is 1. The molecule has 2 heterocycles. The highest BCUT2D eigenvalue weighted by atomic mass is 16.5. The van der Waals surface area contributed by atoms with Gasteiger partial charge in [0.1, 0.15) is 0 Å². The van der Waals surface area contributed by atoms with Crippen LogP contribution in [0.5, 0.6) is 0 Å². The molecule has 1 aromatic heterocycles. The average molecular weight is 260 g/mol. The van der Waals surface area contributed by atoms with Crippen molar-refractivity contribution in [2.45, 2.75) is 64.0 Å². The summed E-state index contributed by atoms with van der Waals surface area (Å²) in [5.74, 6) is 0. The highest BCUT2D eigenvalue weighted by Gasteiger charge is 2.14. The van der Waals surface area contributed by atoms with Crippen molar-refractivity contribution in [2.24, 2.45) is 0 Å². The molecule has 19 heavy (non-hydrogen) atoms. The van der Waals surface area contributed by atoms with Crippen molar-refractivity contribution in [3.05, 3.63) is 23.5 Å². The lowest BCUT2D eigenvalue weighted by Gasteiger charge is -2.23. The molecule has 0 aromatic carbocycles. The van der Waals surface area contributed by atoms with E-state index < -0.39 is 0 Å². The molecule has 104 valence electrons. The molecule has 1 saturated carbocycles. The molecule has 0 amide bonds. The molecule has 0 saturated heterocycles. The van der Waals surface area contributed by atoms with Gasteiger partial charge in [-0.1, -0.05) is 32.1 Å². The molecule has 3 nitrogen and oxygen atoms in total. The lowest BCUT2D eigenvalue weighted by Crippen LogP contribution is -2.21. The second kappa shape index (κ2) is 6.38. The Balaban J connectivity index is 1.64. The zero-order valence-corrected chi connectivity index (χ0v) is 11.7. The Morgan fingerprint density at radius 1 is 1.11 bits per heavy atom. The van der Waals surface area contributed by atoms with Crippen LogP contribution < -0.4 is 5.32 Å². The summed E-state index contributed by atoms with van der Waals surface area (Å²) in [6, 6.07) is 2.87. The number of aromatic nitrogens is 1. The molecule has 0 atom stereocenters. The summed E-state index contributed by atoms with van der Waals surface area (Å²) < 4.78 is 5.51. The Kier molecular flexibility index (Phi) is 4.34. The smallest absolute Gasteiger partial charge is 0.0735 e. The first kappa shape index (κ1) is 12.9. The van der Waals surface area contributed by atoms with Crippen LogP contribution in [0.1, 0.15) is 56.2 Å². The van der Waals surface area contributed by atoms with Gasteiger partial charge in [-0.2, -0.15) is 0 Å². The third-order valence-electron chi connectivity index (χ3n) is 4.28. The van der Waals surface area contributed by atoms with E-state index in [2.05, 4.69) is 16.4 Å². The minimum Gasteiger partial charge on any atom is -0.381 e. The maximum Gasteiger partial charge on any atom is 0.0735 e. The van der Waals surface area contributed by atoms with Crippen LogP contribution in [0, 0.1) is 0 Å². The van der Waals surface area contributed by atoms with Crippen LogP contribution in [0.3, 0.4) is 0 Å². The molecular formula is C16H24N2O. The number of anilines is 1. The topological polar surface area (TPSA) is 34.2 Å². The van der Waals surface area contributed by atoms with Crippen LogP contribution >= 0.6 is 0 Å². The lowest BCUT2D eigenvalue weighted by molar-refractivity contribution is 0.109. The standard InChI is InChI=1S/C16H24N2O/c1-2-4-6-14(7-5-3-1)18-15-10-13-12-19-9-8-16(13)17-11-15/h10-11,14,18H,1-9,12H2. The SMILES string of the molecule is c1nc2c(cc1NC1CCCCCCC1)COCC2. The summed E-state index contributed by atoms with van der Waals surface area (Å²) >= 11 is 0. The quantitative estimate of drug-likeness (QED) is 0.880. The van der Waals surface area contributed by atoms with Crippen molar-refractivity contribution >= 4 is 5.69 Å². The first-order chi connectivity index (χ1) is 9.42. The van der Waals surface area contributed by atoms with Crippen molar-refractivity contribution in [3.63, 3.8) is 0 Å². The van der Waals surface area contributed by atoms with Crippen LogP contribution in [-0.2, 0) is 17.8 Å². The van der Waals surface area contributed by atoms with Gasteiger partial charge in [-0.3, -0.25) is 4.98 Å². The molecular weight excluding hydrogens is 236 g/mol. The minimum atomic E-state index is 0.629. The van der Waals surface area contributed by atoms with Crippen molar-refractivity contribution in [1.29, 1.82) is 0 Å². The van der Waals surface area contributed by atoms with Gasteiger partial charge in [-0.15, -0.1) is 0 Å². The number of nitrogens with zero attached hydrogens (tertiary/aromatic N) is 1. The largest absolute Gasteiger partial charge is 0.381 e. The van der Waals surface area contributed by atoms with Crippen molar-refractivity contribution in [1.82, 2.24) is 4.98 Å². The number of fused-ring (bicyclic) bond motifs is 1. The molecule has 0 unspecified atom stereocenters. The van der Waals surface area contributed by atoms with Crippen molar-refractivity contribution in [3.8, 4) is 0 Å². The summed E-state index contributed by atoms with van der Waals surface area (Å²) in [5, 5.41) is 3.68. The summed E-state index contributed by atoms with van der Waals surface area (Å²) in [5.41, 5.74) is 3.66. The fourth-order valence-electron chi connectivity index (χ4n) is 3.15. The molecule has 1 N–H and O–H groups in total. The van der Waals surface area contributed by atoms with Gasteiger partial charge in [0.15, 0.2) is 0 Å². The zero-order chi connectivity index (χ0) is 12.9. The Bertz CT molecular complexity index is 411. The number of rotatable bonds is 2. The van der Waals surface area contributed by atoms with Crippen molar-refractivity contribution < 1.29 is 4.74 Å². The van der Waals surface area contributed by atoms with E-state index in [1.54, 1.807) is 0 Å². The van der Waals surface area contributed by atoms with E-state index in [-0.39, 0.29) is 0 Å². The van der Waals surface area contributed by atoms with Gasteiger partial charge in [0.05, 0.1) is 25.1 Å². The molecule has 3 heteroatoms. The van der Waals surface area contributed by atoms with Crippen molar-refractivity contribution in [2.75, 3.05) is 11.9 Å². The Morgan fingerprint density at radius 2 is 1.89 bits per heavy atom. The maximum absolute atomic E-state index is 5.51. The molecule has 1 aliphatic heterocycles. The molecule has 0 radical (unpaired) electrons. The van der Waals surface area contributed by atoms with Crippen LogP contribution in [0.2, 0.25) is 0 Å². The minimum absolute atomic E-state index is 0.629. The number of pyridine rings is 1. The summed E-state index contributed by atoms with van der Waals surface area (Å²) in [4.78, 5) is 4.58. The van der Waals surface area contributed by atoms with E-state index in [0.717, 1.165) is 19.6 Å². The normalized spacial score (nSPS) is 21.3. The average Bonchev–Trinajstić information content (AvgIpc) is 2.41. The second-order valence-corrected chi connectivity index (χ2v) is 5.82. The highest BCUT2D eigenvalue weighted by Crippen LogP contribution is 2.23. The summed E-state index contributed by atoms with van der Waals surface area (Å²) in [6.45, 7) is 1.54. The molecule has 1 aliphatic carbocycles. The summed E-state index contributed by atoms with van der Waals surface area (Å²) in [6.07, 6.45) is 12.5. The summed E-state index contributed by atoms with van der Waals surface area (Å²) in [7, 11) is 0. The molecule has 1 fully saturated rings. The first-order valence-electron chi connectivity index (χ1n) is 7.74. The van der Waals surface area contributed by atoms with Gasteiger partial charge in [0.2, 0.25) is 0 Å². The van der Waals surface area contributed by atoms with Gasteiger partial charge < -0.3 is 10.1 Å². The predicted octanol–water partition coefficient (Wildman–Crippen LogP) is 3.68. The molecule has 0 spiro atoms. The van der Waals surface area contributed by atoms with Gasteiger partial charge >= 0.3 is 0 Å². The van der Waals surface area contributed by atoms with Crippen LogP contribution in [0.4, 0.5) is 5.69 Å². The number of hydrogen-bond donors (Lipinski definition) is 1. The number of ether oxygens (including phenoxy) is 1. The van der Waals surface area contributed by atoms with E-state index in [1.807, 2.05) is 6.20 Å². The molecule has 0 bridgehead atoms.